The van der Waals surface area contributed by atoms with Crippen LogP contribution in [-0.2, 0) is 0 Å². The Morgan fingerprint density at radius 1 is 1.15 bits per heavy atom. The zero-order valence-electron chi connectivity index (χ0n) is 11.0. The molecular formula is C14H17Cl2N3O. The fraction of sp³-hybridized carbons (Fsp3) is 0.500. The number of rotatable bonds is 2. The van der Waals surface area contributed by atoms with E-state index < -0.39 is 0 Å². The summed E-state index contributed by atoms with van der Waals surface area (Å²) in [5, 5.41) is 6.87. The molecule has 0 aliphatic carbocycles. The van der Waals surface area contributed by atoms with E-state index in [9.17, 15) is 4.79 Å². The zero-order chi connectivity index (χ0) is 14.1. The van der Waals surface area contributed by atoms with Crippen LogP contribution in [0.2, 0.25) is 10.0 Å². The number of nitrogens with zero attached hydrogens (tertiary/aromatic N) is 1. The third kappa shape index (κ3) is 3.19. The Balaban J connectivity index is 1.59. The largest absolute Gasteiger partial charge is 0.334 e. The molecule has 108 valence electrons. The van der Waals surface area contributed by atoms with Crippen LogP contribution in [0.15, 0.2) is 18.2 Å². The van der Waals surface area contributed by atoms with Gasteiger partial charge in [0.15, 0.2) is 0 Å². The van der Waals surface area contributed by atoms with Crippen LogP contribution in [0, 0.1) is 5.92 Å². The standard InChI is InChI=1S/C14H17Cl2N3O/c15-10-5-11(16)7-12(6-10)17-14(20)18-13-8-19-3-1-9(13)2-4-19/h5-7,9,13H,1-4,8H2,(H2,17,18,20). The van der Waals surface area contributed by atoms with Gasteiger partial charge in [0.25, 0.3) is 0 Å². The van der Waals surface area contributed by atoms with E-state index in [4.69, 9.17) is 23.2 Å². The molecule has 3 aliphatic rings. The lowest BCUT2D eigenvalue weighted by atomic mass is 9.84. The van der Waals surface area contributed by atoms with E-state index in [1.165, 1.54) is 12.8 Å². The first-order chi connectivity index (χ1) is 9.60. The molecule has 2 bridgehead atoms. The van der Waals surface area contributed by atoms with E-state index >= 15 is 0 Å². The van der Waals surface area contributed by atoms with E-state index in [-0.39, 0.29) is 12.1 Å². The SMILES string of the molecule is O=C(Nc1cc(Cl)cc(Cl)c1)NC1CN2CCC1CC2. The highest BCUT2D eigenvalue weighted by Crippen LogP contribution is 2.27. The first-order valence-corrected chi connectivity index (χ1v) is 7.62. The minimum atomic E-state index is -0.193. The summed E-state index contributed by atoms with van der Waals surface area (Å²) in [7, 11) is 0. The van der Waals surface area contributed by atoms with Gasteiger partial charge in [0.1, 0.15) is 0 Å². The molecule has 3 saturated heterocycles. The number of hydrogen-bond donors (Lipinski definition) is 2. The Kier molecular flexibility index (Phi) is 4.06. The second-order valence-electron chi connectivity index (χ2n) is 5.50. The van der Waals surface area contributed by atoms with Gasteiger partial charge in [-0.15, -0.1) is 0 Å². The maximum atomic E-state index is 12.1. The summed E-state index contributed by atoms with van der Waals surface area (Å²) < 4.78 is 0. The van der Waals surface area contributed by atoms with Crippen molar-refractivity contribution in [2.24, 2.45) is 5.92 Å². The Morgan fingerprint density at radius 3 is 2.35 bits per heavy atom. The molecule has 0 spiro atoms. The highest BCUT2D eigenvalue weighted by molar-refractivity contribution is 6.35. The Morgan fingerprint density at radius 2 is 1.80 bits per heavy atom. The van der Waals surface area contributed by atoms with Crippen molar-refractivity contribution in [1.82, 2.24) is 10.2 Å². The second-order valence-corrected chi connectivity index (χ2v) is 6.37. The van der Waals surface area contributed by atoms with Gasteiger partial charge in [0, 0.05) is 28.3 Å². The molecule has 3 heterocycles. The number of halogens is 2. The third-order valence-corrected chi connectivity index (χ3v) is 4.53. The Labute approximate surface area is 128 Å². The van der Waals surface area contributed by atoms with Crippen molar-refractivity contribution < 1.29 is 4.79 Å². The van der Waals surface area contributed by atoms with Crippen LogP contribution < -0.4 is 10.6 Å². The normalized spacial score (nSPS) is 28.2. The van der Waals surface area contributed by atoms with Gasteiger partial charge in [-0.05, 0) is 50.0 Å². The highest BCUT2D eigenvalue weighted by atomic mass is 35.5. The molecule has 2 N–H and O–H groups in total. The summed E-state index contributed by atoms with van der Waals surface area (Å²) in [6, 6.07) is 5.06. The van der Waals surface area contributed by atoms with Crippen LogP contribution >= 0.6 is 23.2 Å². The number of carbonyl (C=O) groups is 1. The fourth-order valence-corrected chi connectivity index (χ4v) is 3.62. The smallest absolute Gasteiger partial charge is 0.319 e. The summed E-state index contributed by atoms with van der Waals surface area (Å²) in [5.41, 5.74) is 0.612. The van der Waals surface area contributed by atoms with Crippen molar-refractivity contribution in [3.8, 4) is 0 Å². The van der Waals surface area contributed by atoms with Crippen LogP contribution in [0.5, 0.6) is 0 Å². The average molecular weight is 314 g/mol. The first-order valence-electron chi connectivity index (χ1n) is 6.86. The lowest BCUT2D eigenvalue weighted by Crippen LogP contribution is -2.57. The van der Waals surface area contributed by atoms with Gasteiger partial charge in [0.2, 0.25) is 0 Å². The molecule has 1 atom stereocenters. The minimum absolute atomic E-state index is 0.193. The predicted molar refractivity (Wildman–Crippen MR) is 81.6 cm³/mol. The lowest BCUT2D eigenvalue weighted by molar-refractivity contribution is 0.0777. The third-order valence-electron chi connectivity index (χ3n) is 4.09. The Hall–Kier alpha value is -0.970. The van der Waals surface area contributed by atoms with Crippen LogP contribution in [0.25, 0.3) is 0 Å². The molecule has 3 aliphatic heterocycles. The summed E-state index contributed by atoms with van der Waals surface area (Å²) in [6.45, 7) is 3.27. The summed E-state index contributed by atoms with van der Waals surface area (Å²) in [5.74, 6) is 0.605. The van der Waals surface area contributed by atoms with Crippen LogP contribution in [-0.4, -0.2) is 36.6 Å². The van der Waals surface area contributed by atoms with Crippen molar-refractivity contribution >= 4 is 34.9 Å². The van der Waals surface area contributed by atoms with Crippen molar-refractivity contribution in [3.63, 3.8) is 0 Å². The van der Waals surface area contributed by atoms with Crippen LogP contribution in [0.3, 0.4) is 0 Å². The molecule has 6 heteroatoms. The molecule has 0 radical (unpaired) electrons. The summed E-state index contributed by atoms with van der Waals surface area (Å²) >= 11 is 11.8. The van der Waals surface area contributed by atoms with Gasteiger partial charge >= 0.3 is 6.03 Å². The van der Waals surface area contributed by atoms with Gasteiger partial charge in [0.05, 0.1) is 0 Å². The molecule has 20 heavy (non-hydrogen) atoms. The predicted octanol–water partition coefficient (Wildman–Crippen LogP) is 3.21. The summed E-state index contributed by atoms with van der Waals surface area (Å²) in [6.07, 6.45) is 2.35. The molecule has 1 aromatic carbocycles. The van der Waals surface area contributed by atoms with Gasteiger partial charge in [-0.25, -0.2) is 4.79 Å². The molecule has 3 fully saturated rings. The van der Waals surface area contributed by atoms with Crippen LogP contribution in [0.1, 0.15) is 12.8 Å². The number of fused-ring (bicyclic) bond motifs is 3. The molecule has 1 aromatic rings. The second kappa shape index (κ2) is 5.80. The van der Waals surface area contributed by atoms with E-state index in [1.807, 2.05) is 0 Å². The van der Waals surface area contributed by atoms with Crippen LogP contribution in [0.4, 0.5) is 10.5 Å². The van der Waals surface area contributed by atoms with Crippen molar-refractivity contribution in [2.45, 2.75) is 18.9 Å². The number of hydrogen-bond acceptors (Lipinski definition) is 2. The number of urea groups is 1. The molecule has 2 amide bonds. The number of anilines is 1. The monoisotopic (exact) mass is 313 g/mol. The maximum Gasteiger partial charge on any atom is 0.319 e. The molecule has 4 rings (SSSR count). The van der Waals surface area contributed by atoms with Crippen molar-refractivity contribution in [1.29, 1.82) is 0 Å². The van der Waals surface area contributed by atoms with E-state index in [0.717, 1.165) is 19.6 Å². The fourth-order valence-electron chi connectivity index (χ4n) is 3.09. The molecular weight excluding hydrogens is 297 g/mol. The number of nitrogens with one attached hydrogen (secondary N) is 2. The van der Waals surface area contributed by atoms with E-state index in [0.29, 0.717) is 21.7 Å². The van der Waals surface area contributed by atoms with Gasteiger partial charge in [-0.2, -0.15) is 0 Å². The van der Waals surface area contributed by atoms with E-state index in [2.05, 4.69) is 15.5 Å². The summed E-state index contributed by atoms with van der Waals surface area (Å²) in [4.78, 5) is 14.5. The molecule has 1 unspecified atom stereocenters. The number of carbonyl (C=O) groups excluding carboxylic acids is 1. The zero-order valence-corrected chi connectivity index (χ0v) is 12.5. The first kappa shape index (κ1) is 14.0. The Bertz CT molecular complexity index is 495. The van der Waals surface area contributed by atoms with Crippen molar-refractivity contribution in [3.05, 3.63) is 28.2 Å². The van der Waals surface area contributed by atoms with Crippen molar-refractivity contribution in [2.75, 3.05) is 25.0 Å². The number of piperidine rings is 3. The molecule has 4 nitrogen and oxygen atoms in total. The number of amides is 2. The maximum absolute atomic E-state index is 12.1. The molecule has 0 saturated carbocycles. The average Bonchev–Trinajstić information content (AvgIpc) is 2.38. The van der Waals surface area contributed by atoms with Gasteiger partial charge in [-0.1, -0.05) is 23.2 Å². The quantitative estimate of drug-likeness (QED) is 0.880. The lowest BCUT2D eigenvalue weighted by Gasteiger charge is -2.44. The highest BCUT2D eigenvalue weighted by Gasteiger charge is 2.34. The molecule has 0 aromatic heterocycles. The topological polar surface area (TPSA) is 44.4 Å². The van der Waals surface area contributed by atoms with Gasteiger partial charge < -0.3 is 15.5 Å². The van der Waals surface area contributed by atoms with E-state index in [1.54, 1.807) is 18.2 Å². The minimum Gasteiger partial charge on any atom is -0.334 e. The number of benzene rings is 1. The van der Waals surface area contributed by atoms with Gasteiger partial charge in [-0.3, -0.25) is 0 Å².